The monoisotopic (exact) mass is 278 g/mol. The molecule has 0 aliphatic heterocycles. The van der Waals surface area contributed by atoms with Crippen LogP contribution < -0.4 is 0 Å². The lowest BCUT2D eigenvalue weighted by molar-refractivity contribution is 0.584. The molecule has 0 saturated carbocycles. The van der Waals surface area contributed by atoms with Crippen LogP contribution in [0.5, 0.6) is 0 Å². The Balaban J connectivity index is 3.42. The van der Waals surface area contributed by atoms with E-state index in [9.17, 15) is 4.39 Å². The first-order valence-electron chi connectivity index (χ1n) is 3.02. The lowest BCUT2D eigenvalue weighted by atomic mass is 10.3. The molecule has 6 heteroatoms. The summed E-state index contributed by atoms with van der Waals surface area (Å²) in [6.45, 7) is 1.77. The molecule has 0 N–H and O–H groups in total. The smallest absolute Gasteiger partial charge is 0.223 e. The first-order chi connectivity index (χ1) is 5.66. The number of hydrogen-bond donors (Lipinski definition) is 0. The Kier molecular flexibility index (Phi) is 2.83. The van der Waals surface area contributed by atoms with Crippen LogP contribution in [-0.4, -0.2) is 4.98 Å². The number of azide groups is 1. The van der Waals surface area contributed by atoms with E-state index in [1.165, 1.54) is 6.20 Å². The molecule has 1 aromatic heterocycles. The van der Waals surface area contributed by atoms with Gasteiger partial charge in [-0.2, -0.15) is 4.39 Å². The molecular formula is C6H4FIN4. The van der Waals surface area contributed by atoms with E-state index in [-0.39, 0.29) is 5.69 Å². The van der Waals surface area contributed by atoms with Crippen LogP contribution in [0.4, 0.5) is 10.1 Å². The molecule has 4 nitrogen and oxygen atoms in total. The van der Waals surface area contributed by atoms with E-state index in [4.69, 9.17) is 5.53 Å². The summed E-state index contributed by atoms with van der Waals surface area (Å²) in [5.74, 6) is -0.734. The summed E-state index contributed by atoms with van der Waals surface area (Å²) in [5, 5.41) is 3.20. The standard InChI is InChI=1S/C6H4FIN4/c1-3-2-10-6(7)5(4(3)8)11-12-9/h2H,1H3. The van der Waals surface area contributed by atoms with Gasteiger partial charge in [-0.25, -0.2) is 4.98 Å². The van der Waals surface area contributed by atoms with Gasteiger partial charge in [0.05, 0.1) is 0 Å². The van der Waals surface area contributed by atoms with Crippen molar-refractivity contribution in [2.45, 2.75) is 6.92 Å². The number of hydrogen-bond acceptors (Lipinski definition) is 2. The van der Waals surface area contributed by atoms with Crippen molar-refractivity contribution in [1.29, 1.82) is 0 Å². The number of rotatable bonds is 1. The third kappa shape index (κ3) is 1.64. The molecule has 0 aliphatic rings. The van der Waals surface area contributed by atoms with Crippen LogP contribution in [0.25, 0.3) is 10.4 Å². The third-order valence-corrected chi connectivity index (χ3v) is 2.63. The summed E-state index contributed by atoms with van der Waals surface area (Å²) in [7, 11) is 0. The summed E-state index contributed by atoms with van der Waals surface area (Å²) in [5.41, 5.74) is 8.88. The van der Waals surface area contributed by atoms with Crippen LogP contribution in [0.2, 0.25) is 0 Å². The molecule has 0 aromatic carbocycles. The molecule has 0 saturated heterocycles. The van der Waals surface area contributed by atoms with Gasteiger partial charge in [-0.05, 0) is 40.6 Å². The van der Waals surface area contributed by atoms with Crippen LogP contribution >= 0.6 is 22.6 Å². The van der Waals surface area contributed by atoms with Crippen molar-refractivity contribution in [3.8, 4) is 0 Å². The molecule has 0 aliphatic carbocycles. The quantitative estimate of drug-likeness (QED) is 0.256. The molecule has 1 heterocycles. The second kappa shape index (κ2) is 3.68. The van der Waals surface area contributed by atoms with Gasteiger partial charge in [0.2, 0.25) is 5.95 Å². The molecule has 0 amide bonds. The average molecular weight is 278 g/mol. The fourth-order valence-electron chi connectivity index (χ4n) is 0.679. The highest BCUT2D eigenvalue weighted by Crippen LogP contribution is 2.25. The Labute approximate surface area is 81.6 Å². The van der Waals surface area contributed by atoms with Gasteiger partial charge >= 0.3 is 0 Å². The Bertz CT molecular complexity index is 359. The van der Waals surface area contributed by atoms with Crippen molar-refractivity contribution in [2.24, 2.45) is 5.11 Å². The number of pyridine rings is 1. The van der Waals surface area contributed by atoms with Gasteiger partial charge in [0.15, 0.2) is 0 Å². The second-order valence-electron chi connectivity index (χ2n) is 2.08. The third-order valence-electron chi connectivity index (χ3n) is 1.27. The number of aryl methyl sites for hydroxylation is 1. The highest BCUT2D eigenvalue weighted by atomic mass is 127. The van der Waals surface area contributed by atoms with E-state index in [1.807, 2.05) is 22.6 Å². The fraction of sp³-hybridized carbons (Fsp3) is 0.167. The van der Waals surface area contributed by atoms with Crippen molar-refractivity contribution in [3.05, 3.63) is 31.7 Å². The molecule has 0 unspecified atom stereocenters. The molecule has 0 bridgehead atoms. The average Bonchev–Trinajstić information content (AvgIpc) is 2.06. The van der Waals surface area contributed by atoms with Crippen LogP contribution in [0, 0.1) is 16.4 Å². The Morgan fingerprint density at radius 1 is 1.75 bits per heavy atom. The second-order valence-corrected chi connectivity index (χ2v) is 3.16. The van der Waals surface area contributed by atoms with Crippen LogP contribution in [0.15, 0.2) is 11.3 Å². The molecule has 0 spiro atoms. The van der Waals surface area contributed by atoms with E-state index in [0.29, 0.717) is 3.57 Å². The van der Waals surface area contributed by atoms with E-state index >= 15 is 0 Å². The van der Waals surface area contributed by atoms with E-state index in [0.717, 1.165) is 5.56 Å². The maximum absolute atomic E-state index is 12.8. The molecule has 1 rings (SSSR count). The highest BCUT2D eigenvalue weighted by Gasteiger charge is 2.07. The zero-order valence-electron chi connectivity index (χ0n) is 6.12. The SMILES string of the molecule is Cc1cnc(F)c(N=[N+]=[N-])c1I. The topological polar surface area (TPSA) is 61.7 Å². The molecule has 12 heavy (non-hydrogen) atoms. The fourth-order valence-corrected chi connectivity index (χ4v) is 1.15. The van der Waals surface area contributed by atoms with Gasteiger partial charge in [-0.1, -0.05) is 5.11 Å². The van der Waals surface area contributed by atoms with Gasteiger partial charge in [-0.15, -0.1) is 0 Å². The zero-order chi connectivity index (χ0) is 9.14. The van der Waals surface area contributed by atoms with Crippen molar-refractivity contribution in [2.75, 3.05) is 0 Å². The normalized spacial score (nSPS) is 9.25. The van der Waals surface area contributed by atoms with E-state index in [1.54, 1.807) is 6.92 Å². The minimum atomic E-state index is -0.734. The zero-order valence-corrected chi connectivity index (χ0v) is 8.28. The lowest BCUT2D eigenvalue weighted by Gasteiger charge is -2.00. The summed E-state index contributed by atoms with van der Waals surface area (Å²) in [4.78, 5) is 5.93. The molecule has 62 valence electrons. The van der Waals surface area contributed by atoms with Crippen molar-refractivity contribution >= 4 is 28.3 Å². The van der Waals surface area contributed by atoms with Gasteiger partial charge in [0.1, 0.15) is 5.69 Å². The summed E-state index contributed by atoms with van der Waals surface area (Å²) >= 11 is 1.91. The van der Waals surface area contributed by atoms with Crippen molar-refractivity contribution < 1.29 is 4.39 Å². The minimum absolute atomic E-state index is 0.0295. The molecule has 0 radical (unpaired) electrons. The number of nitrogens with zero attached hydrogens (tertiary/aromatic N) is 4. The summed E-state index contributed by atoms with van der Waals surface area (Å²) < 4.78 is 13.4. The predicted octanol–water partition coefficient (Wildman–Crippen LogP) is 3.08. The maximum atomic E-state index is 12.8. The van der Waals surface area contributed by atoms with E-state index in [2.05, 4.69) is 15.0 Å². The van der Waals surface area contributed by atoms with Gasteiger partial charge < -0.3 is 0 Å². The van der Waals surface area contributed by atoms with Crippen molar-refractivity contribution in [3.63, 3.8) is 0 Å². The largest absolute Gasteiger partial charge is 0.228 e. The van der Waals surface area contributed by atoms with Crippen LogP contribution in [-0.2, 0) is 0 Å². The highest BCUT2D eigenvalue weighted by molar-refractivity contribution is 14.1. The maximum Gasteiger partial charge on any atom is 0.223 e. The van der Waals surface area contributed by atoms with Gasteiger partial charge in [0.25, 0.3) is 0 Å². The molecular weight excluding hydrogens is 274 g/mol. The lowest BCUT2D eigenvalue weighted by Crippen LogP contribution is -1.89. The Morgan fingerprint density at radius 3 is 3.00 bits per heavy atom. The van der Waals surface area contributed by atoms with Crippen LogP contribution in [0.3, 0.4) is 0 Å². The predicted molar refractivity (Wildman–Crippen MR) is 50.5 cm³/mol. The summed E-state index contributed by atoms with van der Waals surface area (Å²) in [6, 6.07) is 0. The molecule has 1 aromatic rings. The van der Waals surface area contributed by atoms with Gasteiger partial charge in [-0.3, -0.25) is 0 Å². The minimum Gasteiger partial charge on any atom is -0.228 e. The van der Waals surface area contributed by atoms with Crippen LogP contribution in [0.1, 0.15) is 5.56 Å². The van der Waals surface area contributed by atoms with Gasteiger partial charge in [0, 0.05) is 14.7 Å². The number of halogens is 2. The Hall–Kier alpha value is -0.880. The first kappa shape index (κ1) is 9.21. The molecule has 0 fully saturated rings. The Morgan fingerprint density at radius 2 is 2.42 bits per heavy atom. The number of aromatic nitrogens is 1. The van der Waals surface area contributed by atoms with E-state index < -0.39 is 5.95 Å². The molecule has 0 atom stereocenters. The summed E-state index contributed by atoms with van der Waals surface area (Å²) in [6.07, 6.45) is 1.40. The van der Waals surface area contributed by atoms with Crippen molar-refractivity contribution in [1.82, 2.24) is 4.98 Å². The first-order valence-corrected chi connectivity index (χ1v) is 4.10.